The molecule has 0 saturated carbocycles. The zero-order valence-corrected chi connectivity index (χ0v) is 12.1. The number of carbonyl (C=O) groups excluding carboxylic acids is 2. The first kappa shape index (κ1) is 16.7. The molecule has 0 aliphatic rings. The maximum atomic E-state index is 13.8. The van der Waals surface area contributed by atoms with Crippen LogP contribution in [0, 0.1) is 17.7 Å². The van der Waals surface area contributed by atoms with E-state index in [1.807, 2.05) is 0 Å². The van der Waals surface area contributed by atoms with Crippen molar-refractivity contribution in [2.45, 2.75) is 6.42 Å². The van der Waals surface area contributed by atoms with Crippen molar-refractivity contribution in [1.82, 2.24) is 10.2 Å². The summed E-state index contributed by atoms with van der Waals surface area (Å²) in [6.07, 6.45) is 0.196. The molecule has 0 unspecified atom stereocenters. The van der Waals surface area contributed by atoms with E-state index in [1.165, 1.54) is 24.1 Å². The van der Waals surface area contributed by atoms with Crippen molar-refractivity contribution in [2.24, 2.45) is 5.73 Å². The summed E-state index contributed by atoms with van der Waals surface area (Å²) in [5, 5.41) is 2.47. The molecule has 3 N–H and O–H groups in total. The fourth-order valence-electron chi connectivity index (χ4n) is 1.61. The molecule has 0 aliphatic heterocycles. The highest BCUT2D eigenvalue weighted by Crippen LogP contribution is 2.11. The Kier molecular flexibility index (Phi) is 6.37. The Labute approximate surface area is 123 Å². The third-order valence-electron chi connectivity index (χ3n) is 2.84. The Balaban J connectivity index is 2.78. The van der Waals surface area contributed by atoms with Gasteiger partial charge in [-0.2, -0.15) is 0 Å². The van der Waals surface area contributed by atoms with E-state index < -0.39 is 5.82 Å². The van der Waals surface area contributed by atoms with Crippen LogP contribution < -0.4 is 11.1 Å². The van der Waals surface area contributed by atoms with Crippen LogP contribution in [0.3, 0.4) is 0 Å². The minimum absolute atomic E-state index is 0.141. The van der Waals surface area contributed by atoms with Gasteiger partial charge in [-0.15, -0.1) is 0 Å². The maximum Gasteiger partial charge on any atom is 0.253 e. The first-order valence-corrected chi connectivity index (χ1v) is 6.44. The van der Waals surface area contributed by atoms with Gasteiger partial charge in [0.05, 0.1) is 12.1 Å². The van der Waals surface area contributed by atoms with Crippen molar-refractivity contribution in [3.8, 4) is 11.8 Å². The van der Waals surface area contributed by atoms with Gasteiger partial charge in [-0.25, -0.2) is 4.39 Å². The SMILES string of the molecule is CNC(=O)CCN(C)C(=O)c1ccc(C#CCN)c(F)c1. The summed E-state index contributed by atoms with van der Waals surface area (Å²) >= 11 is 0. The standard InChI is InChI=1S/C15H18FN3O2/c1-18-14(20)7-9-19(2)15(21)12-6-5-11(4-3-8-17)13(16)10-12/h5-6,10H,7-9,17H2,1-2H3,(H,18,20). The van der Waals surface area contributed by atoms with E-state index in [9.17, 15) is 14.0 Å². The van der Waals surface area contributed by atoms with Gasteiger partial charge in [0.1, 0.15) is 5.82 Å². The molecule has 6 heteroatoms. The van der Waals surface area contributed by atoms with E-state index in [0.29, 0.717) is 0 Å². The van der Waals surface area contributed by atoms with Gasteiger partial charge in [0.25, 0.3) is 5.91 Å². The highest BCUT2D eigenvalue weighted by atomic mass is 19.1. The molecule has 5 nitrogen and oxygen atoms in total. The molecule has 1 rings (SSSR count). The monoisotopic (exact) mass is 291 g/mol. The Morgan fingerprint density at radius 2 is 2.14 bits per heavy atom. The number of halogens is 1. The van der Waals surface area contributed by atoms with Gasteiger partial charge in [0.15, 0.2) is 0 Å². The molecule has 2 amide bonds. The second-order valence-corrected chi connectivity index (χ2v) is 4.35. The first-order valence-electron chi connectivity index (χ1n) is 6.44. The van der Waals surface area contributed by atoms with Gasteiger partial charge in [-0.3, -0.25) is 9.59 Å². The average molecular weight is 291 g/mol. The summed E-state index contributed by atoms with van der Waals surface area (Å²) in [7, 11) is 3.09. The molecule has 0 fully saturated rings. The summed E-state index contributed by atoms with van der Waals surface area (Å²) in [6, 6.07) is 4.08. The maximum absolute atomic E-state index is 13.8. The van der Waals surface area contributed by atoms with Crippen LogP contribution in [0.25, 0.3) is 0 Å². The van der Waals surface area contributed by atoms with Gasteiger partial charge in [-0.05, 0) is 18.2 Å². The van der Waals surface area contributed by atoms with Gasteiger partial charge in [0.2, 0.25) is 5.91 Å². The Morgan fingerprint density at radius 3 is 2.71 bits per heavy atom. The molecule has 0 bridgehead atoms. The first-order chi connectivity index (χ1) is 9.99. The number of nitrogens with zero attached hydrogens (tertiary/aromatic N) is 1. The summed E-state index contributed by atoms with van der Waals surface area (Å²) in [5.41, 5.74) is 5.64. The molecular formula is C15H18FN3O2. The van der Waals surface area contributed by atoms with E-state index >= 15 is 0 Å². The third-order valence-corrected chi connectivity index (χ3v) is 2.84. The summed E-state index contributed by atoms with van der Waals surface area (Å²) in [6.45, 7) is 0.400. The van der Waals surface area contributed by atoms with E-state index in [0.717, 1.165) is 6.07 Å². The van der Waals surface area contributed by atoms with Crippen molar-refractivity contribution in [2.75, 3.05) is 27.2 Å². The Morgan fingerprint density at radius 1 is 1.43 bits per heavy atom. The van der Waals surface area contributed by atoms with Crippen LogP contribution >= 0.6 is 0 Å². The number of hydrogen-bond donors (Lipinski definition) is 2. The second-order valence-electron chi connectivity index (χ2n) is 4.35. The van der Waals surface area contributed by atoms with Gasteiger partial charge in [-0.1, -0.05) is 11.8 Å². The lowest BCUT2D eigenvalue weighted by Crippen LogP contribution is -2.31. The number of benzene rings is 1. The summed E-state index contributed by atoms with van der Waals surface area (Å²) in [4.78, 5) is 24.6. The molecule has 21 heavy (non-hydrogen) atoms. The molecule has 0 spiro atoms. The number of rotatable bonds is 4. The van der Waals surface area contributed by atoms with Gasteiger partial charge in [0, 0.05) is 32.6 Å². The van der Waals surface area contributed by atoms with Crippen LogP contribution in [0.2, 0.25) is 0 Å². The molecule has 1 aromatic rings. The van der Waals surface area contributed by atoms with Crippen LogP contribution in [0.15, 0.2) is 18.2 Å². The molecule has 0 saturated heterocycles. The molecular weight excluding hydrogens is 273 g/mol. The van der Waals surface area contributed by atoms with Crippen LogP contribution in [0.1, 0.15) is 22.3 Å². The second kappa shape index (κ2) is 8.02. The van der Waals surface area contributed by atoms with Crippen LogP contribution in [-0.2, 0) is 4.79 Å². The third kappa shape index (κ3) is 4.89. The fourth-order valence-corrected chi connectivity index (χ4v) is 1.61. The lowest BCUT2D eigenvalue weighted by atomic mass is 10.1. The van der Waals surface area contributed by atoms with Crippen LogP contribution in [-0.4, -0.2) is 43.9 Å². The quantitative estimate of drug-likeness (QED) is 0.786. The van der Waals surface area contributed by atoms with E-state index in [1.54, 1.807) is 7.05 Å². The number of amides is 2. The highest BCUT2D eigenvalue weighted by Gasteiger charge is 2.14. The molecule has 0 atom stereocenters. The zero-order valence-electron chi connectivity index (χ0n) is 12.1. The summed E-state index contributed by atoms with van der Waals surface area (Å²) < 4.78 is 13.8. The fraction of sp³-hybridized carbons (Fsp3) is 0.333. The molecule has 0 aliphatic carbocycles. The molecule has 0 radical (unpaired) electrons. The number of nitrogens with two attached hydrogens (primary N) is 1. The Bertz CT molecular complexity index is 590. The van der Waals surface area contributed by atoms with Crippen molar-refractivity contribution < 1.29 is 14.0 Å². The smallest absolute Gasteiger partial charge is 0.253 e. The van der Waals surface area contributed by atoms with Crippen molar-refractivity contribution >= 4 is 11.8 Å². The predicted octanol–water partition coefficient (Wildman–Crippen LogP) is 0.344. The van der Waals surface area contributed by atoms with Crippen molar-refractivity contribution in [1.29, 1.82) is 0 Å². The topological polar surface area (TPSA) is 75.4 Å². The Hall–Kier alpha value is -2.39. The predicted molar refractivity (Wildman–Crippen MR) is 78.0 cm³/mol. The average Bonchev–Trinajstić information content (AvgIpc) is 2.50. The highest BCUT2D eigenvalue weighted by molar-refractivity contribution is 5.94. The zero-order chi connectivity index (χ0) is 15.8. The largest absolute Gasteiger partial charge is 0.359 e. The molecule has 0 aromatic heterocycles. The van der Waals surface area contributed by atoms with Crippen LogP contribution in [0.4, 0.5) is 4.39 Å². The lowest BCUT2D eigenvalue weighted by molar-refractivity contribution is -0.120. The van der Waals surface area contributed by atoms with E-state index in [-0.39, 0.29) is 42.5 Å². The summed E-state index contributed by atoms with van der Waals surface area (Å²) in [5.74, 6) is 4.06. The number of nitrogens with one attached hydrogen (secondary N) is 1. The van der Waals surface area contributed by atoms with E-state index in [4.69, 9.17) is 5.73 Å². The number of carbonyl (C=O) groups is 2. The van der Waals surface area contributed by atoms with E-state index in [2.05, 4.69) is 17.2 Å². The normalized spacial score (nSPS) is 9.52. The van der Waals surface area contributed by atoms with Crippen LogP contribution in [0.5, 0.6) is 0 Å². The molecule has 0 heterocycles. The molecule has 1 aromatic carbocycles. The van der Waals surface area contributed by atoms with Gasteiger partial charge >= 0.3 is 0 Å². The van der Waals surface area contributed by atoms with Crippen molar-refractivity contribution in [3.63, 3.8) is 0 Å². The minimum atomic E-state index is -0.568. The number of hydrogen-bond acceptors (Lipinski definition) is 3. The molecule has 112 valence electrons. The van der Waals surface area contributed by atoms with Gasteiger partial charge < -0.3 is 16.0 Å². The minimum Gasteiger partial charge on any atom is -0.359 e. The lowest BCUT2D eigenvalue weighted by Gasteiger charge is -2.16. The van der Waals surface area contributed by atoms with Crippen molar-refractivity contribution in [3.05, 3.63) is 35.1 Å².